The number of hydrogen-bond donors (Lipinski definition) is 1. The zero-order chi connectivity index (χ0) is 13.0. The molecule has 2 aliphatic rings. The van der Waals surface area contributed by atoms with Crippen molar-refractivity contribution in [3.63, 3.8) is 0 Å². The molecule has 0 bridgehead atoms. The number of rotatable bonds is 3. The molecule has 0 radical (unpaired) electrons. The Bertz CT molecular complexity index is 272. The monoisotopic (exact) mass is 252 g/mol. The van der Waals surface area contributed by atoms with Crippen LogP contribution in [0, 0.1) is 11.8 Å². The highest BCUT2D eigenvalue weighted by molar-refractivity contribution is 5.82. The van der Waals surface area contributed by atoms with Crippen molar-refractivity contribution >= 4 is 5.91 Å². The zero-order valence-electron chi connectivity index (χ0n) is 12.0. The Hall–Kier alpha value is -0.570. The molecule has 0 aliphatic carbocycles. The van der Waals surface area contributed by atoms with Gasteiger partial charge in [-0.05, 0) is 44.1 Å². The number of hydrogen-bond acceptors (Lipinski definition) is 2. The topological polar surface area (TPSA) is 32.3 Å². The van der Waals surface area contributed by atoms with E-state index in [0.717, 1.165) is 25.6 Å². The molecule has 2 atom stereocenters. The lowest BCUT2D eigenvalue weighted by Gasteiger charge is -2.37. The van der Waals surface area contributed by atoms with Crippen molar-refractivity contribution in [1.82, 2.24) is 10.2 Å². The first-order valence-corrected chi connectivity index (χ1v) is 7.74. The first kappa shape index (κ1) is 13.9. The SMILES string of the molecule is CCCC1CCN(C(=O)C2NCCCC2C)CC1. The van der Waals surface area contributed by atoms with E-state index in [1.54, 1.807) is 0 Å². The maximum absolute atomic E-state index is 12.5. The quantitative estimate of drug-likeness (QED) is 0.836. The standard InChI is InChI=1S/C15H28N2O/c1-3-5-13-7-10-17(11-8-13)15(18)14-12(2)6-4-9-16-14/h12-14,16H,3-11H2,1-2H3. The van der Waals surface area contributed by atoms with Gasteiger partial charge in [0.25, 0.3) is 0 Å². The largest absolute Gasteiger partial charge is 0.341 e. The summed E-state index contributed by atoms with van der Waals surface area (Å²) in [4.78, 5) is 14.6. The Morgan fingerprint density at radius 2 is 2.00 bits per heavy atom. The predicted molar refractivity (Wildman–Crippen MR) is 74.4 cm³/mol. The summed E-state index contributed by atoms with van der Waals surface area (Å²) in [5, 5.41) is 3.41. The highest BCUT2D eigenvalue weighted by Crippen LogP contribution is 2.24. The molecule has 3 heteroatoms. The third-order valence-electron chi connectivity index (χ3n) is 4.66. The Kier molecular flexibility index (Phi) is 5.04. The van der Waals surface area contributed by atoms with Gasteiger partial charge in [0.15, 0.2) is 0 Å². The first-order chi connectivity index (χ1) is 8.72. The molecule has 0 aromatic carbocycles. The van der Waals surface area contributed by atoms with E-state index in [-0.39, 0.29) is 6.04 Å². The lowest BCUT2D eigenvalue weighted by atomic mass is 9.89. The molecule has 18 heavy (non-hydrogen) atoms. The molecule has 3 nitrogen and oxygen atoms in total. The molecule has 2 unspecified atom stereocenters. The average molecular weight is 252 g/mol. The molecule has 2 heterocycles. The van der Waals surface area contributed by atoms with Gasteiger partial charge >= 0.3 is 0 Å². The molecule has 2 fully saturated rings. The maximum Gasteiger partial charge on any atom is 0.239 e. The summed E-state index contributed by atoms with van der Waals surface area (Å²) in [7, 11) is 0. The van der Waals surface area contributed by atoms with Gasteiger partial charge < -0.3 is 10.2 Å². The summed E-state index contributed by atoms with van der Waals surface area (Å²) < 4.78 is 0. The minimum atomic E-state index is 0.0847. The number of carbonyl (C=O) groups excluding carboxylic acids is 1. The molecule has 0 aromatic rings. The fourth-order valence-electron chi connectivity index (χ4n) is 3.43. The van der Waals surface area contributed by atoms with Crippen LogP contribution < -0.4 is 5.32 Å². The van der Waals surface area contributed by atoms with Crippen LogP contribution in [-0.2, 0) is 4.79 Å². The van der Waals surface area contributed by atoms with Gasteiger partial charge in [0.1, 0.15) is 0 Å². The molecule has 2 rings (SSSR count). The minimum Gasteiger partial charge on any atom is -0.341 e. The summed E-state index contributed by atoms with van der Waals surface area (Å²) in [6, 6.07) is 0.0847. The molecule has 0 spiro atoms. The van der Waals surface area contributed by atoms with Crippen molar-refractivity contribution in [3.05, 3.63) is 0 Å². The Labute approximate surface area is 111 Å². The first-order valence-electron chi connectivity index (χ1n) is 7.74. The fraction of sp³-hybridized carbons (Fsp3) is 0.933. The number of carbonyl (C=O) groups is 1. The third-order valence-corrected chi connectivity index (χ3v) is 4.66. The second-order valence-electron chi connectivity index (χ2n) is 6.11. The van der Waals surface area contributed by atoms with Crippen molar-refractivity contribution in [2.75, 3.05) is 19.6 Å². The highest BCUT2D eigenvalue weighted by Gasteiger charge is 2.32. The number of piperidine rings is 2. The van der Waals surface area contributed by atoms with Crippen molar-refractivity contribution < 1.29 is 4.79 Å². The van der Waals surface area contributed by atoms with Crippen LogP contribution in [0.5, 0.6) is 0 Å². The van der Waals surface area contributed by atoms with Gasteiger partial charge in [-0.15, -0.1) is 0 Å². The van der Waals surface area contributed by atoms with Gasteiger partial charge in [-0.1, -0.05) is 26.7 Å². The summed E-state index contributed by atoms with van der Waals surface area (Å²) in [5.74, 6) is 1.72. The van der Waals surface area contributed by atoms with Crippen LogP contribution in [0.1, 0.15) is 52.4 Å². The molecule has 1 amide bonds. The lowest BCUT2D eigenvalue weighted by Crippen LogP contribution is -2.53. The molecular weight excluding hydrogens is 224 g/mol. The van der Waals surface area contributed by atoms with E-state index in [0.29, 0.717) is 11.8 Å². The van der Waals surface area contributed by atoms with E-state index in [1.165, 1.54) is 38.5 Å². The zero-order valence-corrected chi connectivity index (χ0v) is 12.0. The lowest BCUT2D eigenvalue weighted by molar-refractivity contribution is -0.136. The van der Waals surface area contributed by atoms with E-state index < -0.39 is 0 Å². The summed E-state index contributed by atoms with van der Waals surface area (Å²) in [5.41, 5.74) is 0. The van der Waals surface area contributed by atoms with Crippen LogP contribution in [0.3, 0.4) is 0 Å². The van der Waals surface area contributed by atoms with E-state index in [9.17, 15) is 4.79 Å². The number of likely N-dealkylation sites (tertiary alicyclic amines) is 1. The minimum absolute atomic E-state index is 0.0847. The van der Waals surface area contributed by atoms with Crippen molar-refractivity contribution in [3.8, 4) is 0 Å². The van der Waals surface area contributed by atoms with E-state index in [2.05, 4.69) is 24.1 Å². The van der Waals surface area contributed by atoms with Crippen molar-refractivity contribution in [1.29, 1.82) is 0 Å². The average Bonchev–Trinajstić information content (AvgIpc) is 2.40. The molecule has 2 saturated heterocycles. The molecular formula is C15H28N2O. The van der Waals surface area contributed by atoms with Crippen LogP contribution in [0.25, 0.3) is 0 Å². The molecule has 2 aliphatic heterocycles. The summed E-state index contributed by atoms with van der Waals surface area (Å²) in [6.07, 6.45) is 7.43. The molecule has 0 saturated carbocycles. The number of amides is 1. The number of nitrogens with one attached hydrogen (secondary N) is 1. The van der Waals surface area contributed by atoms with E-state index >= 15 is 0 Å². The summed E-state index contributed by atoms with van der Waals surface area (Å²) >= 11 is 0. The van der Waals surface area contributed by atoms with Crippen LogP contribution >= 0.6 is 0 Å². The van der Waals surface area contributed by atoms with Crippen LogP contribution in [0.2, 0.25) is 0 Å². The Morgan fingerprint density at radius 3 is 2.61 bits per heavy atom. The second kappa shape index (κ2) is 6.55. The van der Waals surface area contributed by atoms with Crippen molar-refractivity contribution in [2.24, 2.45) is 11.8 Å². The molecule has 1 N–H and O–H groups in total. The van der Waals surface area contributed by atoms with Gasteiger partial charge in [0, 0.05) is 13.1 Å². The number of nitrogens with zero attached hydrogens (tertiary/aromatic N) is 1. The van der Waals surface area contributed by atoms with Crippen molar-refractivity contribution in [2.45, 2.75) is 58.4 Å². The predicted octanol–water partition coefficient (Wildman–Crippen LogP) is 2.41. The Balaban J connectivity index is 1.83. The van der Waals surface area contributed by atoms with Gasteiger partial charge in [-0.2, -0.15) is 0 Å². The highest BCUT2D eigenvalue weighted by atomic mass is 16.2. The van der Waals surface area contributed by atoms with E-state index in [4.69, 9.17) is 0 Å². The third kappa shape index (κ3) is 3.25. The van der Waals surface area contributed by atoms with Gasteiger partial charge in [-0.25, -0.2) is 0 Å². The fourth-order valence-corrected chi connectivity index (χ4v) is 3.43. The van der Waals surface area contributed by atoms with Gasteiger partial charge in [0.05, 0.1) is 6.04 Å². The van der Waals surface area contributed by atoms with Gasteiger partial charge in [-0.3, -0.25) is 4.79 Å². The molecule has 0 aromatic heterocycles. The Morgan fingerprint density at radius 1 is 1.28 bits per heavy atom. The van der Waals surface area contributed by atoms with Crippen LogP contribution in [0.15, 0.2) is 0 Å². The van der Waals surface area contributed by atoms with Crippen LogP contribution in [0.4, 0.5) is 0 Å². The molecule has 104 valence electrons. The smallest absolute Gasteiger partial charge is 0.239 e. The second-order valence-corrected chi connectivity index (χ2v) is 6.11. The summed E-state index contributed by atoms with van der Waals surface area (Å²) in [6.45, 7) is 7.43. The van der Waals surface area contributed by atoms with Gasteiger partial charge in [0.2, 0.25) is 5.91 Å². The van der Waals surface area contributed by atoms with E-state index in [1.807, 2.05) is 0 Å². The normalized spacial score (nSPS) is 30.4. The maximum atomic E-state index is 12.5. The van der Waals surface area contributed by atoms with Crippen LogP contribution in [-0.4, -0.2) is 36.5 Å².